The minimum absolute atomic E-state index is 0.0140. The molecule has 2 amide bonds. The summed E-state index contributed by atoms with van der Waals surface area (Å²) in [4.78, 5) is 22.9. The highest BCUT2D eigenvalue weighted by atomic mass is 16.3. The molecule has 0 aliphatic heterocycles. The van der Waals surface area contributed by atoms with Crippen LogP contribution in [0, 0.1) is 0 Å². The molecule has 6 nitrogen and oxygen atoms in total. The average molecular weight is 302 g/mol. The summed E-state index contributed by atoms with van der Waals surface area (Å²) in [5.41, 5.74) is 1.05. The number of nitrogens with two attached hydrogens (primary N) is 1. The number of quaternary nitrogens is 1. The zero-order chi connectivity index (χ0) is 15.8. The lowest BCUT2D eigenvalue weighted by Gasteiger charge is -2.13. The molecule has 1 heterocycles. The van der Waals surface area contributed by atoms with Crippen LogP contribution >= 0.6 is 0 Å². The lowest BCUT2D eigenvalue weighted by atomic mass is 10.0. The SMILES string of the molecule is CNC(=O)CNC(=O)C[NH2+][C@H](c1ccccc1)c1ccco1. The average Bonchev–Trinajstić information content (AvgIpc) is 3.08. The van der Waals surface area contributed by atoms with E-state index in [0.29, 0.717) is 0 Å². The fraction of sp³-hybridized carbons (Fsp3) is 0.250. The third kappa shape index (κ3) is 4.46. The Morgan fingerprint density at radius 3 is 2.55 bits per heavy atom. The molecule has 0 bridgehead atoms. The van der Waals surface area contributed by atoms with E-state index in [4.69, 9.17) is 4.42 Å². The third-order valence-corrected chi connectivity index (χ3v) is 3.27. The number of nitrogens with one attached hydrogen (secondary N) is 2. The lowest BCUT2D eigenvalue weighted by molar-refractivity contribution is -0.678. The summed E-state index contributed by atoms with van der Waals surface area (Å²) in [6.45, 7) is 0.192. The molecule has 1 aromatic carbocycles. The summed E-state index contributed by atoms with van der Waals surface area (Å²) in [5.74, 6) is 0.361. The first-order valence-electron chi connectivity index (χ1n) is 7.09. The molecule has 0 aliphatic carbocycles. The Balaban J connectivity index is 1.97. The van der Waals surface area contributed by atoms with E-state index in [-0.39, 0.29) is 30.9 Å². The van der Waals surface area contributed by atoms with E-state index in [2.05, 4.69) is 10.6 Å². The Labute approximate surface area is 128 Å². The molecule has 1 aromatic heterocycles. The number of likely N-dealkylation sites (N-methyl/N-ethyl adjacent to an activating group) is 1. The zero-order valence-corrected chi connectivity index (χ0v) is 12.4. The number of amides is 2. The topological polar surface area (TPSA) is 88.0 Å². The second-order valence-corrected chi connectivity index (χ2v) is 4.79. The summed E-state index contributed by atoms with van der Waals surface area (Å²) in [7, 11) is 1.53. The van der Waals surface area contributed by atoms with Gasteiger partial charge in [-0.3, -0.25) is 9.59 Å². The number of hydrogen-bond acceptors (Lipinski definition) is 3. The first-order valence-corrected chi connectivity index (χ1v) is 7.09. The predicted molar refractivity (Wildman–Crippen MR) is 80.9 cm³/mol. The molecule has 2 aromatic rings. The molecule has 0 fully saturated rings. The highest BCUT2D eigenvalue weighted by Crippen LogP contribution is 2.18. The van der Waals surface area contributed by atoms with Gasteiger partial charge >= 0.3 is 0 Å². The molecule has 0 saturated carbocycles. The van der Waals surface area contributed by atoms with Crippen molar-refractivity contribution in [3.63, 3.8) is 0 Å². The van der Waals surface area contributed by atoms with Crippen LogP contribution in [0.5, 0.6) is 0 Å². The van der Waals surface area contributed by atoms with E-state index in [0.717, 1.165) is 11.3 Å². The Morgan fingerprint density at radius 2 is 1.91 bits per heavy atom. The predicted octanol–water partition coefficient (Wildman–Crippen LogP) is -0.205. The second-order valence-electron chi connectivity index (χ2n) is 4.79. The Hall–Kier alpha value is -2.60. The standard InChI is InChI=1S/C16H19N3O3/c1-17-14(20)10-18-15(21)11-19-16(13-8-5-9-22-13)12-6-3-2-4-7-12/h2-9,16,19H,10-11H2,1H3,(H,17,20)(H,18,21)/p+1/t16-/m1/s1. The van der Waals surface area contributed by atoms with Crippen LogP contribution in [0.2, 0.25) is 0 Å². The molecule has 0 saturated heterocycles. The van der Waals surface area contributed by atoms with E-state index < -0.39 is 0 Å². The smallest absolute Gasteiger partial charge is 0.275 e. The van der Waals surface area contributed by atoms with Crippen LogP contribution in [0.4, 0.5) is 0 Å². The van der Waals surface area contributed by atoms with Crippen LogP contribution in [0.3, 0.4) is 0 Å². The Morgan fingerprint density at radius 1 is 1.14 bits per heavy atom. The molecular weight excluding hydrogens is 282 g/mol. The maximum atomic E-state index is 11.8. The monoisotopic (exact) mass is 302 g/mol. The van der Waals surface area contributed by atoms with Crippen molar-refractivity contribution in [2.75, 3.05) is 20.1 Å². The van der Waals surface area contributed by atoms with E-state index in [1.54, 1.807) is 6.26 Å². The molecule has 0 spiro atoms. The third-order valence-electron chi connectivity index (χ3n) is 3.27. The van der Waals surface area contributed by atoms with Crippen LogP contribution in [-0.2, 0) is 9.59 Å². The van der Waals surface area contributed by atoms with Crippen molar-refractivity contribution in [2.24, 2.45) is 0 Å². The summed E-state index contributed by atoms with van der Waals surface area (Å²) in [5, 5.41) is 6.91. The Bertz CT molecular complexity index is 596. The minimum Gasteiger partial charge on any atom is -0.463 e. The summed E-state index contributed by atoms with van der Waals surface area (Å²) in [6.07, 6.45) is 1.62. The lowest BCUT2D eigenvalue weighted by Crippen LogP contribution is -2.87. The van der Waals surface area contributed by atoms with Crippen molar-refractivity contribution >= 4 is 11.8 Å². The summed E-state index contributed by atoms with van der Waals surface area (Å²) < 4.78 is 5.47. The first kappa shape index (κ1) is 15.8. The number of carbonyl (C=O) groups excluding carboxylic acids is 2. The van der Waals surface area contributed by atoms with Crippen molar-refractivity contribution in [3.8, 4) is 0 Å². The van der Waals surface area contributed by atoms with Gasteiger partial charge in [-0.15, -0.1) is 0 Å². The summed E-state index contributed by atoms with van der Waals surface area (Å²) in [6, 6.07) is 13.4. The van der Waals surface area contributed by atoms with Gasteiger partial charge in [-0.05, 0) is 12.1 Å². The molecule has 0 aliphatic rings. The van der Waals surface area contributed by atoms with Gasteiger partial charge in [-0.25, -0.2) is 0 Å². The second kappa shape index (κ2) is 7.99. The largest absolute Gasteiger partial charge is 0.463 e. The van der Waals surface area contributed by atoms with Gasteiger partial charge in [0, 0.05) is 12.6 Å². The van der Waals surface area contributed by atoms with Crippen molar-refractivity contribution in [1.82, 2.24) is 10.6 Å². The molecule has 2 rings (SSSR count). The fourth-order valence-electron chi connectivity index (χ4n) is 2.11. The van der Waals surface area contributed by atoms with Gasteiger partial charge in [0.1, 0.15) is 0 Å². The molecule has 4 N–H and O–H groups in total. The fourth-order valence-corrected chi connectivity index (χ4v) is 2.11. The number of furan rings is 1. The van der Waals surface area contributed by atoms with Crippen LogP contribution in [0.15, 0.2) is 53.1 Å². The highest BCUT2D eigenvalue weighted by Gasteiger charge is 2.21. The van der Waals surface area contributed by atoms with Gasteiger partial charge in [0.25, 0.3) is 5.91 Å². The van der Waals surface area contributed by atoms with E-state index in [1.807, 2.05) is 47.8 Å². The normalized spacial score (nSPS) is 11.7. The molecule has 22 heavy (non-hydrogen) atoms. The number of benzene rings is 1. The molecule has 116 valence electrons. The molecule has 1 atom stereocenters. The van der Waals surface area contributed by atoms with Gasteiger partial charge in [-0.2, -0.15) is 0 Å². The van der Waals surface area contributed by atoms with E-state index >= 15 is 0 Å². The van der Waals surface area contributed by atoms with Gasteiger partial charge in [0.05, 0.1) is 12.8 Å². The van der Waals surface area contributed by atoms with Gasteiger partial charge in [-0.1, -0.05) is 30.3 Å². The maximum absolute atomic E-state index is 11.8. The zero-order valence-electron chi connectivity index (χ0n) is 12.4. The maximum Gasteiger partial charge on any atom is 0.275 e. The summed E-state index contributed by atoms with van der Waals surface area (Å²) >= 11 is 0. The number of rotatable bonds is 7. The van der Waals surface area contributed by atoms with Crippen LogP contribution in [0.25, 0.3) is 0 Å². The van der Waals surface area contributed by atoms with Crippen LogP contribution in [-0.4, -0.2) is 32.0 Å². The van der Waals surface area contributed by atoms with Crippen LogP contribution in [0.1, 0.15) is 17.4 Å². The van der Waals surface area contributed by atoms with Crippen molar-refractivity contribution < 1.29 is 19.3 Å². The number of carbonyl (C=O) groups is 2. The van der Waals surface area contributed by atoms with Gasteiger partial charge < -0.3 is 20.4 Å². The highest BCUT2D eigenvalue weighted by molar-refractivity contribution is 5.84. The van der Waals surface area contributed by atoms with Crippen molar-refractivity contribution in [2.45, 2.75) is 6.04 Å². The van der Waals surface area contributed by atoms with Gasteiger partial charge in [0.2, 0.25) is 5.91 Å². The molecular formula is C16H20N3O3+. The minimum atomic E-state index is -0.223. The molecule has 6 heteroatoms. The van der Waals surface area contributed by atoms with Crippen molar-refractivity contribution in [3.05, 3.63) is 60.1 Å². The first-order chi connectivity index (χ1) is 10.7. The van der Waals surface area contributed by atoms with Gasteiger partial charge in [0.15, 0.2) is 18.3 Å². The molecule has 0 radical (unpaired) electrons. The van der Waals surface area contributed by atoms with Crippen molar-refractivity contribution in [1.29, 1.82) is 0 Å². The Kier molecular flexibility index (Phi) is 5.73. The number of hydrogen-bond donors (Lipinski definition) is 3. The van der Waals surface area contributed by atoms with E-state index in [9.17, 15) is 9.59 Å². The van der Waals surface area contributed by atoms with E-state index in [1.165, 1.54) is 7.05 Å². The van der Waals surface area contributed by atoms with Crippen LogP contribution < -0.4 is 16.0 Å². The molecule has 0 unspecified atom stereocenters. The quantitative estimate of drug-likeness (QED) is 0.661.